The van der Waals surface area contributed by atoms with Crippen molar-refractivity contribution >= 4 is 23.2 Å². The molecular formula is C21H20Cl2N2O3. The zero-order chi connectivity index (χ0) is 19.6. The lowest BCUT2D eigenvalue weighted by Gasteiger charge is -2.30. The summed E-state index contributed by atoms with van der Waals surface area (Å²) in [5, 5.41) is 1.34. The Labute approximate surface area is 173 Å². The van der Waals surface area contributed by atoms with Crippen molar-refractivity contribution in [3.8, 4) is 0 Å². The van der Waals surface area contributed by atoms with Crippen LogP contribution in [0.3, 0.4) is 0 Å². The van der Waals surface area contributed by atoms with Gasteiger partial charge in [0.2, 0.25) is 5.79 Å². The lowest BCUT2D eigenvalue weighted by molar-refractivity contribution is -0.198. The van der Waals surface area contributed by atoms with E-state index >= 15 is 0 Å². The SMILES string of the molecule is COC(c1ccc(Cl)cc1)C1COC(Cn2ccnc2)(c2ccc(Cl)cc2)O1. The number of benzene rings is 2. The van der Waals surface area contributed by atoms with Gasteiger partial charge in [0, 0.05) is 35.1 Å². The second kappa shape index (κ2) is 8.23. The molecule has 2 heterocycles. The second-order valence-electron chi connectivity index (χ2n) is 6.67. The Hall–Kier alpha value is -1.89. The summed E-state index contributed by atoms with van der Waals surface area (Å²) in [6, 6.07) is 15.1. The molecule has 28 heavy (non-hydrogen) atoms. The van der Waals surface area contributed by atoms with Gasteiger partial charge in [0.1, 0.15) is 12.2 Å². The average molecular weight is 419 g/mol. The zero-order valence-corrected chi connectivity index (χ0v) is 16.8. The summed E-state index contributed by atoms with van der Waals surface area (Å²) in [6.45, 7) is 0.848. The maximum absolute atomic E-state index is 6.51. The Morgan fingerprint density at radius 1 is 1.14 bits per heavy atom. The molecule has 1 aliphatic rings. The number of hydrogen-bond acceptors (Lipinski definition) is 4. The Balaban J connectivity index is 1.64. The topological polar surface area (TPSA) is 45.5 Å². The predicted octanol–water partition coefficient (Wildman–Crippen LogP) is 4.85. The van der Waals surface area contributed by atoms with Gasteiger partial charge in [-0.25, -0.2) is 4.98 Å². The minimum absolute atomic E-state index is 0.283. The molecule has 3 atom stereocenters. The molecule has 0 N–H and O–H groups in total. The molecule has 5 nitrogen and oxygen atoms in total. The molecule has 1 fully saturated rings. The van der Waals surface area contributed by atoms with Gasteiger partial charge in [-0.1, -0.05) is 47.5 Å². The highest BCUT2D eigenvalue weighted by Gasteiger charge is 2.46. The molecule has 0 saturated carbocycles. The lowest BCUT2D eigenvalue weighted by Crippen LogP contribution is -2.34. The van der Waals surface area contributed by atoms with Crippen molar-refractivity contribution in [2.45, 2.75) is 24.5 Å². The summed E-state index contributed by atoms with van der Waals surface area (Å²) in [5.74, 6) is -0.959. The third kappa shape index (κ3) is 3.95. The molecule has 146 valence electrons. The van der Waals surface area contributed by atoms with Crippen molar-refractivity contribution in [2.24, 2.45) is 0 Å². The number of ether oxygens (including phenoxy) is 3. The van der Waals surface area contributed by atoms with Gasteiger partial charge in [-0.15, -0.1) is 0 Å². The van der Waals surface area contributed by atoms with Crippen molar-refractivity contribution in [3.05, 3.63) is 88.4 Å². The smallest absolute Gasteiger partial charge is 0.214 e. The molecule has 7 heteroatoms. The van der Waals surface area contributed by atoms with E-state index in [0.29, 0.717) is 23.2 Å². The third-order valence-electron chi connectivity index (χ3n) is 4.85. The number of halogens is 2. The van der Waals surface area contributed by atoms with Gasteiger partial charge in [0.25, 0.3) is 0 Å². The van der Waals surface area contributed by atoms with Gasteiger partial charge < -0.3 is 18.8 Å². The van der Waals surface area contributed by atoms with Gasteiger partial charge in [-0.05, 0) is 29.8 Å². The first-order valence-corrected chi connectivity index (χ1v) is 9.67. The Morgan fingerprint density at radius 2 is 1.82 bits per heavy atom. The zero-order valence-electron chi connectivity index (χ0n) is 15.3. The fourth-order valence-corrected chi connectivity index (χ4v) is 3.74. The Kier molecular flexibility index (Phi) is 5.71. The number of rotatable bonds is 6. The molecule has 2 aromatic carbocycles. The highest BCUT2D eigenvalue weighted by atomic mass is 35.5. The first kappa shape index (κ1) is 19.4. The van der Waals surface area contributed by atoms with Crippen LogP contribution in [0.4, 0.5) is 0 Å². The molecule has 3 unspecified atom stereocenters. The fraction of sp³-hybridized carbons (Fsp3) is 0.286. The van der Waals surface area contributed by atoms with Crippen molar-refractivity contribution in [2.75, 3.05) is 13.7 Å². The van der Waals surface area contributed by atoms with Gasteiger partial charge in [-0.2, -0.15) is 0 Å². The summed E-state index contributed by atoms with van der Waals surface area (Å²) in [7, 11) is 1.67. The standard InChI is InChI=1S/C21H20Cl2N2O3/c1-26-20(15-2-6-17(22)7-3-15)19-12-27-21(28-19,13-25-11-10-24-14-25)16-4-8-18(23)9-5-16/h2-11,14,19-20H,12-13H2,1H3. The van der Waals surface area contributed by atoms with Crippen LogP contribution in [0, 0.1) is 0 Å². The molecule has 0 spiro atoms. The average Bonchev–Trinajstić information content (AvgIpc) is 3.36. The van der Waals surface area contributed by atoms with Crippen LogP contribution < -0.4 is 0 Å². The third-order valence-corrected chi connectivity index (χ3v) is 5.35. The van der Waals surface area contributed by atoms with E-state index in [4.69, 9.17) is 37.4 Å². The molecule has 0 bridgehead atoms. The highest BCUT2D eigenvalue weighted by Crippen LogP contribution is 2.41. The number of hydrogen-bond donors (Lipinski definition) is 0. The number of imidazole rings is 1. The van der Waals surface area contributed by atoms with E-state index in [1.807, 2.05) is 59.3 Å². The Morgan fingerprint density at radius 3 is 2.43 bits per heavy atom. The van der Waals surface area contributed by atoms with Crippen molar-refractivity contribution in [1.29, 1.82) is 0 Å². The fourth-order valence-electron chi connectivity index (χ4n) is 3.48. The quantitative estimate of drug-likeness (QED) is 0.573. The van der Waals surface area contributed by atoms with Gasteiger partial charge >= 0.3 is 0 Å². The Bertz CT molecular complexity index is 900. The lowest BCUT2D eigenvalue weighted by atomic mass is 10.0. The van der Waals surface area contributed by atoms with Crippen LogP contribution in [0.5, 0.6) is 0 Å². The summed E-state index contributed by atoms with van der Waals surface area (Å²) in [4.78, 5) is 4.12. The maximum atomic E-state index is 6.51. The van der Waals surface area contributed by atoms with E-state index in [-0.39, 0.29) is 12.2 Å². The van der Waals surface area contributed by atoms with Crippen LogP contribution in [0.2, 0.25) is 10.0 Å². The van der Waals surface area contributed by atoms with Crippen LogP contribution in [0.1, 0.15) is 17.2 Å². The largest absolute Gasteiger partial charge is 0.374 e. The molecule has 1 saturated heterocycles. The van der Waals surface area contributed by atoms with Crippen molar-refractivity contribution in [1.82, 2.24) is 9.55 Å². The molecule has 1 aromatic heterocycles. The second-order valence-corrected chi connectivity index (χ2v) is 7.54. The number of aromatic nitrogens is 2. The van der Waals surface area contributed by atoms with Crippen LogP contribution in [-0.4, -0.2) is 29.4 Å². The van der Waals surface area contributed by atoms with Gasteiger partial charge in [-0.3, -0.25) is 0 Å². The van der Waals surface area contributed by atoms with Gasteiger partial charge in [0.15, 0.2) is 0 Å². The molecule has 0 aliphatic carbocycles. The monoisotopic (exact) mass is 418 g/mol. The van der Waals surface area contributed by atoms with E-state index in [0.717, 1.165) is 11.1 Å². The summed E-state index contributed by atoms with van der Waals surface area (Å²) in [5.41, 5.74) is 1.87. The minimum Gasteiger partial charge on any atom is -0.374 e. The van der Waals surface area contributed by atoms with E-state index < -0.39 is 5.79 Å². The molecular weight excluding hydrogens is 399 g/mol. The van der Waals surface area contributed by atoms with Crippen molar-refractivity contribution in [3.63, 3.8) is 0 Å². The summed E-state index contributed by atoms with van der Waals surface area (Å²) >= 11 is 12.1. The first-order valence-electron chi connectivity index (χ1n) is 8.91. The normalized spacial score (nSPS) is 23.0. The van der Waals surface area contributed by atoms with Crippen LogP contribution in [0.15, 0.2) is 67.3 Å². The van der Waals surface area contributed by atoms with E-state index in [1.54, 1.807) is 19.6 Å². The number of nitrogens with zero attached hydrogens (tertiary/aromatic N) is 2. The van der Waals surface area contributed by atoms with Crippen LogP contribution in [-0.2, 0) is 26.5 Å². The van der Waals surface area contributed by atoms with Crippen LogP contribution in [0.25, 0.3) is 0 Å². The molecule has 0 amide bonds. The molecule has 4 rings (SSSR count). The molecule has 3 aromatic rings. The van der Waals surface area contributed by atoms with Crippen molar-refractivity contribution < 1.29 is 14.2 Å². The summed E-state index contributed by atoms with van der Waals surface area (Å²) in [6.07, 6.45) is 4.78. The van der Waals surface area contributed by atoms with E-state index in [1.165, 1.54) is 0 Å². The maximum Gasteiger partial charge on any atom is 0.214 e. The molecule has 0 radical (unpaired) electrons. The number of methoxy groups -OCH3 is 1. The molecule has 1 aliphatic heterocycles. The van der Waals surface area contributed by atoms with Gasteiger partial charge in [0.05, 0.1) is 19.5 Å². The predicted molar refractivity (Wildman–Crippen MR) is 107 cm³/mol. The summed E-state index contributed by atoms with van der Waals surface area (Å²) < 4.78 is 20.5. The van der Waals surface area contributed by atoms with E-state index in [2.05, 4.69) is 4.98 Å². The van der Waals surface area contributed by atoms with E-state index in [9.17, 15) is 0 Å². The van der Waals surface area contributed by atoms with Crippen LogP contribution >= 0.6 is 23.2 Å². The highest BCUT2D eigenvalue weighted by molar-refractivity contribution is 6.30. The first-order chi connectivity index (χ1) is 13.6. The minimum atomic E-state index is -0.959.